The van der Waals surface area contributed by atoms with Gasteiger partial charge in [-0.15, -0.1) is 11.3 Å². The van der Waals surface area contributed by atoms with Gasteiger partial charge in [0.1, 0.15) is 0 Å². The summed E-state index contributed by atoms with van der Waals surface area (Å²) < 4.78 is 5.28. The minimum absolute atomic E-state index is 0.376. The molecule has 0 saturated carbocycles. The van der Waals surface area contributed by atoms with Crippen LogP contribution < -0.4 is 11.1 Å². The van der Waals surface area contributed by atoms with Crippen molar-refractivity contribution in [2.24, 2.45) is 5.73 Å². The molecule has 0 fully saturated rings. The van der Waals surface area contributed by atoms with Crippen LogP contribution in [0.4, 0.5) is 4.79 Å². The van der Waals surface area contributed by atoms with E-state index in [1.807, 2.05) is 48.5 Å². The molecule has 1 aromatic heterocycles. The number of rotatable bonds is 10. The number of aryl methyl sites for hydroxylation is 1. The molecule has 2 aromatic carbocycles. The van der Waals surface area contributed by atoms with Gasteiger partial charge in [0.2, 0.25) is 0 Å². The molecule has 0 unspecified atom stereocenters. The third kappa shape index (κ3) is 6.95. The molecule has 0 saturated heterocycles. The second kappa shape index (κ2) is 11.4. The molecule has 7 heteroatoms. The number of nitrogens with two attached hydrogens (primary N) is 1. The van der Waals surface area contributed by atoms with Crippen LogP contribution in [0.1, 0.15) is 47.5 Å². The molecule has 0 aliphatic carbocycles. The van der Waals surface area contributed by atoms with Crippen molar-refractivity contribution in [1.29, 1.82) is 0 Å². The summed E-state index contributed by atoms with van der Waals surface area (Å²) in [6, 6.07) is 19.4. The van der Waals surface area contributed by atoms with Gasteiger partial charge in [0.05, 0.1) is 22.5 Å². The van der Waals surface area contributed by atoms with Crippen LogP contribution in [0, 0.1) is 0 Å². The molecule has 1 heterocycles. The molecule has 1 amide bonds. The van der Waals surface area contributed by atoms with Gasteiger partial charge in [-0.2, -0.15) is 0 Å². The van der Waals surface area contributed by atoms with Crippen molar-refractivity contribution in [1.82, 2.24) is 10.3 Å². The number of thiazole rings is 1. The van der Waals surface area contributed by atoms with Crippen LogP contribution in [-0.2, 0) is 11.2 Å². The van der Waals surface area contributed by atoms with E-state index in [1.165, 1.54) is 16.9 Å². The van der Waals surface area contributed by atoms with Crippen molar-refractivity contribution in [3.63, 3.8) is 0 Å². The third-order valence-corrected chi connectivity index (χ3v) is 5.65. The molecule has 158 valence electrons. The highest BCUT2D eigenvalue weighted by atomic mass is 32.1. The Kier molecular flexibility index (Phi) is 8.38. The zero-order valence-corrected chi connectivity index (χ0v) is 17.5. The molecule has 0 radical (unpaired) electrons. The van der Waals surface area contributed by atoms with E-state index in [9.17, 15) is 9.90 Å². The smallest absolute Gasteiger partial charge is 0.409 e. The third-order valence-electron chi connectivity index (χ3n) is 4.81. The van der Waals surface area contributed by atoms with E-state index in [4.69, 9.17) is 10.5 Å². The monoisotopic (exact) mass is 425 g/mol. The van der Waals surface area contributed by atoms with Gasteiger partial charge in [-0.05, 0) is 36.8 Å². The molecule has 0 aliphatic heterocycles. The Morgan fingerprint density at radius 1 is 1.13 bits per heavy atom. The lowest BCUT2D eigenvalue weighted by Crippen LogP contribution is -2.33. The summed E-state index contributed by atoms with van der Waals surface area (Å²) in [5.74, 6) is 0. The summed E-state index contributed by atoms with van der Waals surface area (Å²) in [4.78, 5) is 17.0. The van der Waals surface area contributed by atoms with Crippen molar-refractivity contribution in [3.05, 3.63) is 88.4 Å². The number of hydrogen-bond donors (Lipinski definition) is 3. The van der Waals surface area contributed by atoms with Crippen LogP contribution in [-0.4, -0.2) is 22.3 Å². The van der Waals surface area contributed by atoms with Gasteiger partial charge < -0.3 is 15.2 Å². The summed E-state index contributed by atoms with van der Waals surface area (Å²) in [6.45, 7) is 0. The minimum atomic E-state index is -0.871. The predicted octanol–water partition coefficient (Wildman–Crippen LogP) is 4.34. The lowest BCUT2D eigenvalue weighted by atomic mass is 9.97. The fourth-order valence-electron chi connectivity index (χ4n) is 3.26. The lowest BCUT2D eigenvalue weighted by Gasteiger charge is -2.23. The Balaban J connectivity index is 1.55. The molecular formula is C23H27N3O3S. The van der Waals surface area contributed by atoms with Gasteiger partial charge in [0.25, 0.3) is 0 Å². The van der Waals surface area contributed by atoms with E-state index in [0.29, 0.717) is 17.7 Å². The maximum atomic E-state index is 12.4. The highest BCUT2D eigenvalue weighted by molar-refractivity contribution is 7.09. The highest BCUT2D eigenvalue weighted by Crippen LogP contribution is 2.22. The number of aliphatic hydroxyl groups excluding tert-OH is 1. The number of nitrogens with zero attached hydrogens (tertiary/aromatic N) is 1. The Labute approximate surface area is 180 Å². The van der Waals surface area contributed by atoms with E-state index in [-0.39, 0.29) is 6.04 Å². The predicted molar refractivity (Wildman–Crippen MR) is 118 cm³/mol. The van der Waals surface area contributed by atoms with Crippen LogP contribution in [0.2, 0.25) is 0 Å². The van der Waals surface area contributed by atoms with Crippen molar-refractivity contribution in [2.75, 3.05) is 0 Å². The lowest BCUT2D eigenvalue weighted by molar-refractivity contribution is 0.0925. The first kappa shape index (κ1) is 22.0. The number of carbonyl (C=O) groups excluding carboxylic acids is 1. The van der Waals surface area contributed by atoms with Crippen molar-refractivity contribution >= 4 is 17.4 Å². The second-order valence-corrected chi connectivity index (χ2v) is 8.02. The molecule has 0 aliphatic rings. The molecule has 0 spiro atoms. The van der Waals surface area contributed by atoms with Crippen LogP contribution in [0.3, 0.4) is 0 Å². The molecule has 30 heavy (non-hydrogen) atoms. The number of aromatic nitrogens is 1. The standard InChI is InChI=1S/C23H27N3O3S/c24-22(21-15-25-16-30-21)29-23(28)26-20(18-11-5-2-6-12-18)14-19(27)13-7-10-17-8-3-1-4-9-17/h1-6,8-9,11-12,15-16,19-20,22,27H,7,10,13-14,24H2,(H,26,28)/t19-,20-,22-/m0/s1. The molecule has 3 rings (SSSR count). The number of nitrogens with one attached hydrogen (secondary N) is 1. The number of hydrogen-bond acceptors (Lipinski definition) is 6. The van der Waals surface area contributed by atoms with Gasteiger partial charge in [0, 0.05) is 6.20 Å². The fraction of sp³-hybridized carbons (Fsp3) is 0.304. The first-order chi connectivity index (χ1) is 14.6. The van der Waals surface area contributed by atoms with Crippen molar-refractivity contribution < 1.29 is 14.6 Å². The van der Waals surface area contributed by atoms with Gasteiger partial charge in [-0.3, -0.25) is 10.7 Å². The van der Waals surface area contributed by atoms with E-state index in [2.05, 4.69) is 22.4 Å². The number of amides is 1. The summed E-state index contributed by atoms with van der Waals surface area (Å²) in [6.07, 6.45) is 2.35. The van der Waals surface area contributed by atoms with Crippen LogP contribution in [0.25, 0.3) is 0 Å². The molecule has 6 nitrogen and oxygen atoms in total. The van der Waals surface area contributed by atoms with Crippen LogP contribution >= 0.6 is 11.3 Å². The number of carbonyl (C=O) groups is 1. The quantitative estimate of drug-likeness (QED) is 0.420. The van der Waals surface area contributed by atoms with E-state index >= 15 is 0 Å². The maximum Gasteiger partial charge on any atom is 0.409 e. The Bertz CT molecular complexity index is 875. The molecule has 0 bridgehead atoms. The molecular weight excluding hydrogens is 398 g/mol. The van der Waals surface area contributed by atoms with Gasteiger partial charge in [-0.25, -0.2) is 4.79 Å². The molecule has 4 N–H and O–H groups in total. The van der Waals surface area contributed by atoms with Gasteiger partial charge >= 0.3 is 6.09 Å². The highest BCUT2D eigenvalue weighted by Gasteiger charge is 2.21. The summed E-state index contributed by atoms with van der Waals surface area (Å²) in [5, 5.41) is 13.4. The summed E-state index contributed by atoms with van der Waals surface area (Å²) >= 11 is 1.33. The van der Waals surface area contributed by atoms with Gasteiger partial charge in [-0.1, -0.05) is 60.7 Å². The first-order valence-electron chi connectivity index (χ1n) is 10.00. The average Bonchev–Trinajstić information content (AvgIpc) is 3.30. The van der Waals surface area contributed by atoms with E-state index in [1.54, 1.807) is 11.7 Å². The second-order valence-electron chi connectivity index (χ2n) is 7.10. The Morgan fingerprint density at radius 2 is 1.83 bits per heavy atom. The van der Waals surface area contributed by atoms with Crippen LogP contribution in [0.15, 0.2) is 72.4 Å². The van der Waals surface area contributed by atoms with Crippen LogP contribution in [0.5, 0.6) is 0 Å². The normalized spacial score (nSPS) is 13.9. The fourth-order valence-corrected chi connectivity index (χ4v) is 3.80. The minimum Gasteiger partial charge on any atom is -0.425 e. The number of ether oxygens (including phenoxy) is 1. The van der Waals surface area contributed by atoms with E-state index in [0.717, 1.165) is 18.4 Å². The zero-order chi connectivity index (χ0) is 21.2. The number of aliphatic hydroxyl groups is 1. The van der Waals surface area contributed by atoms with Crippen molar-refractivity contribution in [2.45, 2.75) is 44.1 Å². The van der Waals surface area contributed by atoms with E-state index < -0.39 is 18.4 Å². The maximum absolute atomic E-state index is 12.4. The Hall–Kier alpha value is -2.74. The topological polar surface area (TPSA) is 97.5 Å². The average molecular weight is 426 g/mol. The zero-order valence-electron chi connectivity index (χ0n) is 16.7. The largest absolute Gasteiger partial charge is 0.425 e. The summed E-state index contributed by atoms with van der Waals surface area (Å²) in [5.41, 5.74) is 9.71. The SMILES string of the molecule is N[C@@H](OC(=O)N[C@@H](C[C@@H](O)CCCc1ccccc1)c1ccccc1)c1cncs1. The molecule has 3 atom stereocenters. The van der Waals surface area contributed by atoms with Crippen molar-refractivity contribution in [3.8, 4) is 0 Å². The summed E-state index contributed by atoms with van der Waals surface area (Å²) in [7, 11) is 0. The number of benzene rings is 2. The Morgan fingerprint density at radius 3 is 2.50 bits per heavy atom. The number of alkyl carbamates (subject to hydrolysis) is 1. The molecule has 3 aromatic rings. The first-order valence-corrected chi connectivity index (χ1v) is 10.9. The van der Waals surface area contributed by atoms with Gasteiger partial charge in [0.15, 0.2) is 6.23 Å².